The lowest BCUT2D eigenvalue weighted by Gasteiger charge is -2.16. The second-order valence-electron chi connectivity index (χ2n) is 5.91. The van der Waals surface area contributed by atoms with Crippen LogP contribution in [0.1, 0.15) is 29.7 Å². The van der Waals surface area contributed by atoms with E-state index in [1.807, 2.05) is 62.4 Å². The Balaban J connectivity index is 1.55. The van der Waals surface area contributed by atoms with Crippen LogP contribution < -0.4 is 10.6 Å². The van der Waals surface area contributed by atoms with E-state index in [2.05, 4.69) is 20.7 Å². The average Bonchev–Trinajstić information content (AvgIpc) is 3.16. The number of nitrogens with one attached hydrogen (secondary N) is 2. The molecule has 0 saturated carbocycles. The molecule has 0 bridgehead atoms. The van der Waals surface area contributed by atoms with Crippen molar-refractivity contribution in [1.29, 1.82) is 0 Å². The van der Waals surface area contributed by atoms with Crippen molar-refractivity contribution in [2.24, 2.45) is 0 Å². The summed E-state index contributed by atoms with van der Waals surface area (Å²) in [4.78, 5) is 16.1. The Bertz CT molecular complexity index is 827. The number of nitrogens with zero attached hydrogens (tertiary/aromatic N) is 3. The maximum Gasteiger partial charge on any atom is 0.315 e. The van der Waals surface area contributed by atoms with Crippen LogP contribution in [0.15, 0.2) is 61.2 Å². The fourth-order valence-electron chi connectivity index (χ4n) is 2.57. The van der Waals surface area contributed by atoms with Gasteiger partial charge in [-0.15, -0.1) is 0 Å². The molecule has 0 aliphatic rings. The first-order chi connectivity index (χ1) is 12.1. The molecule has 1 aromatic heterocycles. The molecule has 0 radical (unpaired) electrons. The number of benzene rings is 2. The largest absolute Gasteiger partial charge is 0.334 e. The zero-order chi connectivity index (χ0) is 17.6. The third kappa shape index (κ3) is 4.23. The standard InChI is InChI=1S/C19H21N5O/c1-14-5-3-4-6-17(14)11-21-19(25)23-15(2)16-7-9-18(10-8-16)24-13-20-12-22-24/h3-10,12-13,15H,11H2,1-2H3,(H2,21,23,25). The number of urea groups is 1. The van der Waals surface area contributed by atoms with E-state index in [1.165, 1.54) is 11.9 Å². The topological polar surface area (TPSA) is 71.8 Å². The third-order valence-corrected chi connectivity index (χ3v) is 4.12. The lowest BCUT2D eigenvalue weighted by molar-refractivity contribution is 0.237. The molecule has 0 saturated heterocycles. The molecule has 6 nitrogen and oxygen atoms in total. The molecule has 1 heterocycles. The van der Waals surface area contributed by atoms with Crippen LogP contribution in [0.5, 0.6) is 0 Å². The molecular formula is C19H21N5O. The summed E-state index contributed by atoms with van der Waals surface area (Å²) in [5.41, 5.74) is 4.23. The van der Waals surface area contributed by atoms with Crippen LogP contribution >= 0.6 is 0 Å². The molecule has 0 aliphatic carbocycles. The van der Waals surface area contributed by atoms with Gasteiger partial charge in [-0.3, -0.25) is 0 Å². The van der Waals surface area contributed by atoms with E-state index < -0.39 is 0 Å². The van der Waals surface area contributed by atoms with Gasteiger partial charge in [-0.25, -0.2) is 14.5 Å². The molecule has 0 fully saturated rings. The molecule has 128 valence electrons. The van der Waals surface area contributed by atoms with E-state index in [0.717, 1.165) is 16.8 Å². The molecule has 0 spiro atoms. The first-order valence-electron chi connectivity index (χ1n) is 8.17. The molecule has 3 aromatic rings. The Hall–Kier alpha value is -3.15. The van der Waals surface area contributed by atoms with Gasteiger partial charge >= 0.3 is 6.03 Å². The van der Waals surface area contributed by atoms with Gasteiger partial charge in [-0.1, -0.05) is 36.4 Å². The van der Waals surface area contributed by atoms with Crippen LogP contribution in [0.25, 0.3) is 5.69 Å². The molecule has 2 N–H and O–H groups in total. The van der Waals surface area contributed by atoms with Gasteiger partial charge in [-0.2, -0.15) is 5.10 Å². The van der Waals surface area contributed by atoms with Gasteiger partial charge in [-0.05, 0) is 42.7 Å². The summed E-state index contributed by atoms with van der Waals surface area (Å²) in [7, 11) is 0. The summed E-state index contributed by atoms with van der Waals surface area (Å²) in [6.45, 7) is 4.50. The highest BCUT2D eigenvalue weighted by Crippen LogP contribution is 2.15. The van der Waals surface area contributed by atoms with E-state index in [1.54, 1.807) is 11.0 Å². The highest BCUT2D eigenvalue weighted by atomic mass is 16.2. The van der Waals surface area contributed by atoms with Crippen LogP contribution in [-0.4, -0.2) is 20.8 Å². The van der Waals surface area contributed by atoms with Crippen molar-refractivity contribution in [2.45, 2.75) is 26.4 Å². The summed E-state index contributed by atoms with van der Waals surface area (Å²) < 4.78 is 1.69. The van der Waals surface area contributed by atoms with Crippen LogP contribution in [0.2, 0.25) is 0 Å². The zero-order valence-corrected chi connectivity index (χ0v) is 14.3. The SMILES string of the molecule is Cc1ccccc1CNC(=O)NC(C)c1ccc(-n2cncn2)cc1. The van der Waals surface area contributed by atoms with Gasteiger partial charge in [0.2, 0.25) is 0 Å². The second kappa shape index (κ2) is 7.61. The maximum atomic E-state index is 12.1. The predicted molar refractivity (Wildman–Crippen MR) is 96.3 cm³/mol. The number of hydrogen-bond acceptors (Lipinski definition) is 3. The van der Waals surface area contributed by atoms with Crippen molar-refractivity contribution < 1.29 is 4.79 Å². The minimum Gasteiger partial charge on any atom is -0.334 e. The number of aryl methyl sites for hydroxylation is 1. The van der Waals surface area contributed by atoms with Crippen LogP contribution in [0.3, 0.4) is 0 Å². The number of carbonyl (C=O) groups is 1. The minimum absolute atomic E-state index is 0.0957. The number of hydrogen-bond donors (Lipinski definition) is 2. The molecule has 6 heteroatoms. The summed E-state index contributed by atoms with van der Waals surface area (Å²) in [6.07, 6.45) is 3.15. The van der Waals surface area contributed by atoms with Gasteiger partial charge in [0.05, 0.1) is 11.7 Å². The molecule has 3 rings (SSSR count). The van der Waals surface area contributed by atoms with Crippen LogP contribution in [0.4, 0.5) is 4.79 Å². The van der Waals surface area contributed by atoms with E-state index in [0.29, 0.717) is 6.54 Å². The highest BCUT2D eigenvalue weighted by Gasteiger charge is 2.10. The van der Waals surface area contributed by atoms with Crippen LogP contribution in [-0.2, 0) is 6.54 Å². The normalized spacial score (nSPS) is 11.8. The summed E-state index contributed by atoms with van der Waals surface area (Å²) in [5, 5.41) is 9.95. The lowest BCUT2D eigenvalue weighted by atomic mass is 10.1. The molecular weight excluding hydrogens is 314 g/mol. The van der Waals surface area contributed by atoms with Crippen molar-refractivity contribution in [3.8, 4) is 5.69 Å². The third-order valence-electron chi connectivity index (χ3n) is 4.12. The van der Waals surface area contributed by atoms with Crippen molar-refractivity contribution in [3.63, 3.8) is 0 Å². The Labute approximate surface area is 146 Å². The fraction of sp³-hybridized carbons (Fsp3) is 0.211. The Morgan fingerprint density at radius 3 is 2.60 bits per heavy atom. The van der Waals surface area contributed by atoms with E-state index >= 15 is 0 Å². The minimum atomic E-state index is -0.184. The summed E-state index contributed by atoms with van der Waals surface area (Å²) in [5.74, 6) is 0. The van der Waals surface area contributed by atoms with Crippen LogP contribution in [0, 0.1) is 6.92 Å². The fourth-order valence-corrected chi connectivity index (χ4v) is 2.57. The zero-order valence-electron chi connectivity index (χ0n) is 14.3. The smallest absolute Gasteiger partial charge is 0.315 e. The first kappa shape index (κ1) is 16.7. The molecule has 25 heavy (non-hydrogen) atoms. The highest BCUT2D eigenvalue weighted by molar-refractivity contribution is 5.74. The van der Waals surface area contributed by atoms with Crippen molar-refractivity contribution >= 4 is 6.03 Å². The second-order valence-corrected chi connectivity index (χ2v) is 5.91. The van der Waals surface area contributed by atoms with Gasteiger partial charge in [0.25, 0.3) is 0 Å². The summed E-state index contributed by atoms with van der Waals surface area (Å²) >= 11 is 0. The number of aromatic nitrogens is 3. The Morgan fingerprint density at radius 2 is 1.92 bits per heavy atom. The van der Waals surface area contributed by atoms with Gasteiger partial charge in [0, 0.05) is 6.54 Å². The number of rotatable bonds is 5. The quantitative estimate of drug-likeness (QED) is 0.752. The van der Waals surface area contributed by atoms with E-state index in [4.69, 9.17) is 0 Å². The monoisotopic (exact) mass is 335 g/mol. The van der Waals surface area contributed by atoms with Crippen molar-refractivity contribution in [2.75, 3.05) is 0 Å². The number of amides is 2. The molecule has 2 aromatic carbocycles. The first-order valence-corrected chi connectivity index (χ1v) is 8.17. The predicted octanol–water partition coefficient (Wildman–Crippen LogP) is 3.14. The molecule has 1 atom stereocenters. The van der Waals surface area contributed by atoms with Gasteiger partial charge in [0.15, 0.2) is 0 Å². The van der Waals surface area contributed by atoms with E-state index in [-0.39, 0.29) is 12.1 Å². The molecule has 2 amide bonds. The average molecular weight is 335 g/mol. The summed E-state index contributed by atoms with van der Waals surface area (Å²) in [6, 6.07) is 15.6. The molecule has 0 aliphatic heterocycles. The van der Waals surface area contributed by atoms with E-state index in [9.17, 15) is 4.79 Å². The van der Waals surface area contributed by atoms with Gasteiger partial charge < -0.3 is 10.6 Å². The maximum absolute atomic E-state index is 12.1. The lowest BCUT2D eigenvalue weighted by Crippen LogP contribution is -2.36. The van der Waals surface area contributed by atoms with Crippen molar-refractivity contribution in [1.82, 2.24) is 25.4 Å². The number of carbonyl (C=O) groups excluding carboxylic acids is 1. The van der Waals surface area contributed by atoms with Gasteiger partial charge in [0.1, 0.15) is 12.7 Å². The van der Waals surface area contributed by atoms with Crippen molar-refractivity contribution in [3.05, 3.63) is 77.9 Å². The Morgan fingerprint density at radius 1 is 1.16 bits per heavy atom. The molecule has 1 unspecified atom stereocenters. The Kier molecular flexibility index (Phi) is 5.09.